The van der Waals surface area contributed by atoms with Gasteiger partial charge in [0.05, 0.1) is 12.2 Å². The molecular formula is C28H39N3O12P2S. The predicted octanol–water partition coefficient (Wildman–Crippen LogP) is 3.90. The molecule has 3 unspecified atom stereocenters. The van der Waals surface area contributed by atoms with E-state index in [1.165, 1.54) is 16.7 Å². The van der Waals surface area contributed by atoms with Gasteiger partial charge in [-0.05, 0) is 44.4 Å². The largest absolute Gasteiger partial charge is 0.493 e. The number of fused-ring (bicyclic) bond motifs is 2. The molecule has 2 amide bonds. The molecule has 4 N–H and O–H groups in total. The molecule has 0 saturated carbocycles. The zero-order valence-electron chi connectivity index (χ0n) is 26.5. The number of amides is 2. The van der Waals surface area contributed by atoms with E-state index in [-0.39, 0.29) is 24.5 Å². The summed E-state index contributed by atoms with van der Waals surface area (Å²) in [5.74, 6) is -1.90. The van der Waals surface area contributed by atoms with Gasteiger partial charge in [-0.2, -0.15) is 0 Å². The first-order chi connectivity index (χ1) is 21.6. The fourth-order valence-electron chi connectivity index (χ4n) is 5.81. The molecule has 18 heteroatoms. The SMILES string of the molecule is CCOc1ccc2ccc(NCCC(O)(P(=O)(OC)OC)P(=O)(OC)OC)cc2c1C(=O)NC1C(=O)N2C1SC(C)(C)C2C(=O)O. The monoisotopic (exact) mass is 703 g/mol. The quantitative estimate of drug-likeness (QED) is 0.154. The number of carboxylic acid groups (broad SMARTS) is 1. The molecule has 2 aliphatic rings. The fourth-order valence-corrected chi connectivity index (χ4v) is 11.9. The summed E-state index contributed by atoms with van der Waals surface area (Å²) >= 11 is 1.32. The lowest BCUT2D eigenvalue weighted by Gasteiger charge is -2.43. The summed E-state index contributed by atoms with van der Waals surface area (Å²) in [5, 5.41) is 24.9. The minimum atomic E-state index is -4.43. The summed E-state index contributed by atoms with van der Waals surface area (Å²) in [4.78, 5) is 40.1. The zero-order valence-corrected chi connectivity index (χ0v) is 29.1. The molecule has 46 heavy (non-hydrogen) atoms. The highest BCUT2D eigenvalue weighted by Gasteiger charge is 2.65. The molecule has 0 spiro atoms. The van der Waals surface area contributed by atoms with Gasteiger partial charge in [-0.25, -0.2) is 4.79 Å². The Balaban J connectivity index is 1.63. The number of carbonyl (C=O) groups excluding carboxylic acids is 2. The van der Waals surface area contributed by atoms with Crippen molar-refractivity contribution in [3.05, 3.63) is 35.9 Å². The number of aliphatic carboxylic acids is 1. The van der Waals surface area contributed by atoms with Crippen LogP contribution in [0.1, 0.15) is 37.6 Å². The maximum absolute atomic E-state index is 13.8. The van der Waals surface area contributed by atoms with Crippen LogP contribution in [0.2, 0.25) is 0 Å². The second-order valence-corrected chi connectivity index (χ2v) is 18.1. The van der Waals surface area contributed by atoms with Gasteiger partial charge in [0.25, 0.3) is 11.0 Å². The van der Waals surface area contributed by atoms with Crippen LogP contribution in [0.25, 0.3) is 10.8 Å². The number of β-lactam (4-membered cyclic amide) rings is 1. The smallest absolute Gasteiger partial charge is 0.374 e. The van der Waals surface area contributed by atoms with Gasteiger partial charge in [0.15, 0.2) is 0 Å². The average molecular weight is 704 g/mol. The van der Waals surface area contributed by atoms with Gasteiger partial charge >= 0.3 is 21.2 Å². The van der Waals surface area contributed by atoms with Gasteiger partial charge in [-0.3, -0.25) is 18.7 Å². The van der Waals surface area contributed by atoms with E-state index in [4.69, 9.17) is 22.8 Å². The Bertz CT molecular complexity index is 1580. The lowest BCUT2D eigenvalue weighted by Crippen LogP contribution is -2.70. The summed E-state index contributed by atoms with van der Waals surface area (Å²) in [6.45, 7) is 5.40. The Labute approximate surface area is 270 Å². The summed E-state index contributed by atoms with van der Waals surface area (Å²) in [6, 6.07) is 6.57. The highest BCUT2D eigenvalue weighted by atomic mass is 32.2. The molecule has 0 aromatic heterocycles. The number of aliphatic hydroxyl groups is 1. The first-order valence-corrected chi connectivity index (χ1v) is 18.2. The number of ether oxygens (including phenoxy) is 1. The maximum Gasteiger partial charge on any atom is 0.374 e. The van der Waals surface area contributed by atoms with Gasteiger partial charge < -0.3 is 48.6 Å². The van der Waals surface area contributed by atoms with Crippen LogP contribution in [0.4, 0.5) is 5.69 Å². The molecule has 2 aromatic rings. The van der Waals surface area contributed by atoms with E-state index >= 15 is 0 Å². The van der Waals surface area contributed by atoms with E-state index in [1.54, 1.807) is 51.1 Å². The first-order valence-electron chi connectivity index (χ1n) is 14.2. The number of hydrogen-bond acceptors (Lipinski definition) is 13. The average Bonchev–Trinajstić information content (AvgIpc) is 3.29. The number of thioether (sulfide) groups is 1. The van der Waals surface area contributed by atoms with Crippen LogP contribution in [-0.2, 0) is 36.8 Å². The Kier molecular flexibility index (Phi) is 10.6. The van der Waals surface area contributed by atoms with Crippen LogP contribution in [0.5, 0.6) is 5.75 Å². The van der Waals surface area contributed by atoms with Crippen molar-refractivity contribution in [3.8, 4) is 5.75 Å². The number of benzene rings is 2. The molecule has 15 nitrogen and oxygen atoms in total. The van der Waals surface area contributed by atoms with Crippen molar-refractivity contribution in [3.63, 3.8) is 0 Å². The van der Waals surface area contributed by atoms with Gasteiger partial charge in [0.2, 0.25) is 5.91 Å². The minimum absolute atomic E-state index is 0.117. The Morgan fingerprint density at radius 3 is 2.17 bits per heavy atom. The summed E-state index contributed by atoms with van der Waals surface area (Å²) in [6.07, 6.45) is -0.456. The van der Waals surface area contributed by atoms with E-state index < -0.39 is 66.7 Å². The van der Waals surface area contributed by atoms with Crippen molar-refractivity contribution in [1.82, 2.24) is 10.2 Å². The molecule has 4 rings (SSSR count). The van der Waals surface area contributed by atoms with Crippen LogP contribution in [0.15, 0.2) is 30.3 Å². The van der Waals surface area contributed by atoms with E-state index in [0.717, 1.165) is 28.4 Å². The molecule has 2 aromatic carbocycles. The van der Waals surface area contributed by atoms with Gasteiger partial charge in [0.1, 0.15) is 23.2 Å². The zero-order chi connectivity index (χ0) is 34.2. The Hall–Kier alpha value is -2.68. The van der Waals surface area contributed by atoms with Crippen molar-refractivity contribution in [2.24, 2.45) is 0 Å². The third kappa shape index (κ3) is 5.94. The number of anilines is 1. The van der Waals surface area contributed by atoms with E-state index in [0.29, 0.717) is 16.5 Å². The molecular weight excluding hydrogens is 664 g/mol. The van der Waals surface area contributed by atoms with Crippen molar-refractivity contribution in [1.29, 1.82) is 0 Å². The van der Waals surface area contributed by atoms with Crippen LogP contribution in [0, 0.1) is 0 Å². The van der Waals surface area contributed by atoms with Crippen molar-refractivity contribution in [2.75, 3.05) is 46.9 Å². The molecule has 2 fully saturated rings. The highest BCUT2D eigenvalue weighted by Crippen LogP contribution is 2.76. The molecule has 0 aliphatic carbocycles. The van der Waals surface area contributed by atoms with Crippen molar-refractivity contribution < 1.29 is 56.6 Å². The standard InChI is InChI=1S/C28H39N3O12P2S/c1-8-43-19-12-10-16-9-11-17(29-14-13-28(36,44(37,39-4)40-5)45(38,41-6)42-7)15-18(16)20(19)23(32)30-21-24(33)31-22(26(34)35)27(2,3)46-25(21)31/h9-12,15,21-22,25,29,36H,8,13-14H2,1-7H3,(H,30,32)(H,34,35). The molecule has 3 atom stereocenters. The number of carboxylic acids is 1. The lowest BCUT2D eigenvalue weighted by atomic mass is 9.95. The molecule has 0 bridgehead atoms. The fraction of sp³-hybridized carbons (Fsp3) is 0.536. The number of rotatable bonds is 15. The summed E-state index contributed by atoms with van der Waals surface area (Å²) < 4.78 is 51.4. The van der Waals surface area contributed by atoms with Crippen LogP contribution in [0.3, 0.4) is 0 Å². The van der Waals surface area contributed by atoms with Gasteiger partial charge in [-0.15, -0.1) is 11.8 Å². The van der Waals surface area contributed by atoms with Gasteiger partial charge in [-0.1, -0.05) is 12.1 Å². The maximum atomic E-state index is 13.8. The summed E-state index contributed by atoms with van der Waals surface area (Å²) in [5.41, 5.74) is 0.629. The molecule has 2 saturated heterocycles. The molecule has 2 aliphatic heterocycles. The molecule has 0 radical (unpaired) electrons. The second-order valence-electron chi connectivity index (χ2n) is 11.0. The van der Waals surface area contributed by atoms with Gasteiger partial charge in [0, 0.05) is 57.2 Å². The number of nitrogens with zero attached hydrogens (tertiary/aromatic N) is 1. The van der Waals surface area contributed by atoms with E-state index in [1.807, 2.05) is 0 Å². The number of nitrogens with one attached hydrogen (secondary N) is 2. The number of hydrogen-bond donors (Lipinski definition) is 4. The van der Waals surface area contributed by atoms with Crippen LogP contribution in [-0.4, -0.2) is 102 Å². The summed E-state index contributed by atoms with van der Waals surface area (Å²) in [7, 11) is -4.71. The third-order valence-electron chi connectivity index (χ3n) is 8.10. The van der Waals surface area contributed by atoms with Crippen LogP contribution >= 0.6 is 27.0 Å². The topological polar surface area (TPSA) is 199 Å². The highest BCUT2D eigenvalue weighted by molar-refractivity contribution is 8.01. The minimum Gasteiger partial charge on any atom is -0.493 e. The third-order valence-corrected chi connectivity index (χ3v) is 15.3. The lowest BCUT2D eigenvalue weighted by molar-refractivity contribution is -0.159. The van der Waals surface area contributed by atoms with Crippen molar-refractivity contribution in [2.45, 2.75) is 54.5 Å². The van der Waals surface area contributed by atoms with E-state index in [9.17, 15) is 33.7 Å². The van der Waals surface area contributed by atoms with Crippen molar-refractivity contribution >= 4 is 61.2 Å². The molecule has 254 valence electrons. The molecule has 2 heterocycles. The van der Waals surface area contributed by atoms with E-state index in [2.05, 4.69) is 10.6 Å². The number of carbonyl (C=O) groups is 3. The Morgan fingerprint density at radius 2 is 1.63 bits per heavy atom. The first kappa shape index (κ1) is 36.2. The predicted molar refractivity (Wildman–Crippen MR) is 171 cm³/mol. The Morgan fingerprint density at radius 1 is 1.04 bits per heavy atom. The normalized spacial score (nSPS) is 21.1. The van der Waals surface area contributed by atoms with Crippen LogP contribution < -0.4 is 15.4 Å². The second kappa shape index (κ2) is 13.4.